The van der Waals surface area contributed by atoms with E-state index in [1.165, 1.54) is 6.07 Å². The standard InChI is InChI=1S/C15H22ClFN2S/c1-3-6-18-15(14-10-20-8-7-19(14)2)12-5-4-11(16)9-13(12)17/h4-5,9,14-15,18H,3,6-8,10H2,1-2H3. The Morgan fingerprint density at radius 1 is 1.55 bits per heavy atom. The summed E-state index contributed by atoms with van der Waals surface area (Å²) in [4.78, 5) is 2.33. The molecular formula is C15H22ClFN2S. The van der Waals surface area contributed by atoms with Gasteiger partial charge in [-0.05, 0) is 32.1 Å². The molecule has 1 aliphatic rings. The molecule has 0 spiro atoms. The molecule has 2 unspecified atom stereocenters. The predicted octanol–water partition coefficient (Wildman–Crippen LogP) is 3.57. The van der Waals surface area contributed by atoms with Gasteiger partial charge in [0.25, 0.3) is 0 Å². The predicted molar refractivity (Wildman–Crippen MR) is 86.2 cm³/mol. The summed E-state index contributed by atoms with van der Waals surface area (Å²) in [5.41, 5.74) is 0.724. The minimum absolute atomic E-state index is 0.0185. The van der Waals surface area contributed by atoms with Gasteiger partial charge in [0.1, 0.15) is 5.82 Å². The molecule has 1 saturated heterocycles. The molecule has 112 valence electrons. The molecule has 1 heterocycles. The number of hydrogen-bond donors (Lipinski definition) is 1. The maximum atomic E-state index is 14.3. The first-order chi connectivity index (χ1) is 9.63. The molecule has 1 aromatic rings. The fourth-order valence-electron chi connectivity index (χ4n) is 2.56. The van der Waals surface area contributed by atoms with E-state index in [0.29, 0.717) is 11.1 Å². The van der Waals surface area contributed by atoms with Crippen molar-refractivity contribution in [2.45, 2.75) is 25.4 Å². The maximum absolute atomic E-state index is 14.3. The first kappa shape index (κ1) is 16.1. The second-order valence-corrected chi connectivity index (χ2v) is 6.81. The highest BCUT2D eigenvalue weighted by molar-refractivity contribution is 7.99. The van der Waals surface area contributed by atoms with E-state index in [4.69, 9.17) is 11.6 Å². The molecule has 1 aliphatic heterocycles. The quantitative estimate of drug-likeness (QED) is 0.894. The smallest absolute Gasteiger partial charge is 0.129 e. The zero-order valence-electron chi connectivity index (χ0n) is 12.0. The molecule has 0 aromatic heterocycles. The molecule has 1 N–H and O–H groups in total. The molecule has 0 aliphatic carbocycles. The summed E-state index contributed by atoms with van der Waals surface area (Å²) in [5.74, 6) is 1.96. The van der Waals surface area contributed by atoms with Crippen LogP contribution in [0.4, 0.5) is 4.39 Å². The third-order valence-corrected chi connectivity index (χ3v) is 5.02. The minimum Gasteiger partial charge on any atom is -0.309 e. The summed E-state index contributed by atoms with van der Waals surface area (Å²) in [5, 5.41) is 3.96. The van der Waals surface area contributed by atoms with Crippen LogP contribution in [0.3, 0.4) is 0 Å². The van der Waals surface area contributed by atoms with E-state index in [1.807, 2.05) is 17.8 Å². The zero-order valence-corrected chi connectivity index (χ0v) is 13.6. The number of nitrogens with zero attached hydrogens (tertiary/aromatic N) is 1. The van der Waals surface area contributed by atoms with Crippen molar-refractivity contribution < 1.29 is 4.39 Å². The van der Waals surface area contributed by atoms with Gasteiger partial charge in [0.2, 0.25) is 0 Å². The van der Waals surface area contributed by atoms with Gasteiger partial charge in [0, 0.05) is 34.7 Å². The average Bonchev–Trinajstić information content (AvgIpc) is 2.42. The molecule has 2 atom stereocenters. The van der Waals surface area contributed by atoms with Crippen LogP contribution in [0.5, 0.6) is 0 Å². The van der Waals surface area contributed by atoms with E-state index in [0.717, 1.165) is 36.6 Å². The van der Waals surface area contributed by atoms with Gasteiger partial charge in [-0.2, -0.15) is 11.8 Å². The first-order valence-corrected chi connectivity index (χ1v) is 8.63. The molecular weight excluding hydrogens is 295 g/mol. The second-order valence-electron chi connectivity index (χ2n) is 5.22. The number of rotatable bonds is 5. The number of hydrogen-bond acceptors (Lipinski definition) is 3. The fourth-order valence-corrected chi connectivity index (χ4v) is 3.99. The van der Waals surface area contributed by atoms with Crippen molar-refractivity contribution in [3.63, 3.8) is 0 Å². The molecule has 2 rings (SSSR count). The molecule has 1 aromatic carbocycles. The van der Waals surface area contributed by atoms with Gasteiger partial charge < -0.3 is 5.32 Å². The number of thioether (sulfide) groups is 1. The van der Waals surface area contributed by atoms with Gasteiger partial charge in [0.05, 0.1) is 6.04 Å². The molecule has 1 fully saturated rings. The zero-order chi connectivity index (χ0) is 14.5. The van der Waals surface area contributed by atoms with Crippen molar-refractivity contribution in [3.05, 3.63) is 34.6 Å². The lowest BCUT2D eigenvalue weighted by Crippen LogP contribution is -2.48. The normalized spacial score (nSPS) is 21.9. The Balaban J connectivity index is 2.25. The van der Waals surface area contributed by atoms with Crippen molar-refractivity contribution in [2.24, 2.45) is 0 Å². The van der Waals surface area contributed by atoms with Gasteiger partial charge in [0.15, 0.2) is 0 Å². The van der Waals surface area contributed by atoms with Crippen LogP contribution in [0.25, 0.3) is 0 Å². The fraction of sp³-hybridized carbons (Fsp3) is 0.600. The van der Waals surface area contributed by atoms with Crippen molar-refractivity contribution >= 4 is 23.4 Å². The Morgan fingerprint density at radius 2 is 2.35 bits per heavy atom. The number of benzene rings is 1. The van der Waals surface area contributed by atoms with Gasteiger partial charge in [-0.1, -0.05) is 24.6 Å². The van der Waals surface area contributed by atoms with Crippen LogP contribution in [-0.4, -0.2) is 42.6 Å². The summed E-state index contributed by atoms with van der Waals surface area (Å²) in [6, 6.07) is 5.34. The van der Waals surface area contributed by atoms with E-state index in [9.17, 15) is 4.39 Å². The molecule has 5 heteroatoms. The van der Waals surface area contributed by atoms with E-state index >= 15 is 0 Å². The van der Waals surface area contributed by atoms with Crippen molar-refractivity contribution in [1.82, 2.24) is 10.2 Å². The Labute approximate surface area is 130 Å². The van der Waals surface area contributed by atoms with E-state index < -0.39 is 0 Å². The van der Waals surface area contributed by atoms with Crippen molar-refractivity contribution in [2.75, 3.05) is 31.6 Å². The highest BCUT2D eigenvalue weighted by Crippen LogP contribution is 2.29. The summed E-state index contributed by atoms with van der Waals surface area (Å²) in [6.45, 7) is 4.07. The Kier molecular flexibility index (Phi) is 6.15. The summed E-state index contributed by atoms with van der Waals surface area (Å²) < 4.78 is 14.3. The first-order valence-electron chi connectivity index (χ1n) is 7.09. The number of halogens is 2. The topological polar surface area (TPSA) is 15.3 Å². The van der Waals surface area contributed by atoms with Crippen molar-refractivity contribution in [1.29, 1.82) is 0 Å². The van der Waals surface area contributed by atoms with Crippen LogP contribution in [0.1, 0.15) is 24.9 Å². The average molecular weight is 317 g/mol. The van der Waals surface area contributed by atoms with E-state index in [-0.39, 0.29) is 11.9 Å². The summed E-state index contributed by atoms with van der Waals surface area (Å²) in [6.07, 6.45) is 1.04. The monoisotopic (exact) mass is 316 g/mol. The molecule has 20 heavy (non-hydrogen) atoms. The van der Waals surface area contributed by atoms with Crippen LogP contribution in [0.2, 0.25) is 5.02 Å². The highest BCUT2D eigenvalue weighted by atomic mass is 35.5. The Hall–Kier alpha value is -0.290. The summed E-state index contributed by atoms with van der Waals surface area (Å²) >= 11 is 7.81. The van der Waals surface area contributed by atoms with Crippen LogP contribution in [-0.2, 0) is 0 Å². The molecule has 0 radical (unpaired) electrons. The molecule has 0 saturated carbocycles. The Morgan fingerprint density at radius 3 is 3.00 bits per heavy atom. The summed E-state index contributed by atoms with van der Waals surface area (Å²) in [7, 11) is 2.12. The lowest BCUT2D eigenvalue weighted by atomic mass is 9.98. The van der Waals surface area contributed by atoms with Crippen LogP contribution in [0, 0.1) is 5.82 Å². The van der Waals surface area contributed by atoms with Crippen molar-refractivity contribution in [3.8, 4) is 0 Å². The van der Waals surface area contributed by atoms with Gasteiger partial charge >= 0.3 is 0 Å². The van der Waals surface area contributed by atoms with E-state index in [1.54, 1.807) is 6.07 Å². The molecule has 0 amide bonds. The number of nitrogens with one attached hydrogen (secondary N) is 1. The minimum atomic E-state index is -0.213. The van der Waals surface area contributed by atoms with Crippen LogP contribution < -0.4 is 5.32 Å². The van der Waals surface area contributed by atoms with Crippen LogP contribution >= 0.6 is 23.4 Å². The van der Waals surface area contributed by atoms with Crippen LogP contribution in [0.15, 0.2) is 18.2 Å². The van der Waals surface area contributed by atoms with Gasteiger partial charge in [-0.15, -0.1) is 0 Å². The lowest BCUT2D eigenvalue weighted by molar-refractivity contribution is 0.213. The molecule has 0 bridgehead atoms. The third kappa shape index (κ3) is 3.88. The van der Waals surface area contributed by atoms with Gasteiger partial charge in [-0.25, -0.2) is 4.39 Å². The molecule has 2 nitrogen and oxygen atoms in total. The van der Waals surface area contributed by atoms with Gasteiger partial charge in [-0.3, -0.25) is 4.90 Å². The maximum Gasteiger partial charge on any atom is 0.129 e. The third-order valence-electron chi connectivity index (χ3n) is 3.74. The lowest BCUT2D eigenvalue weighted by Gasteiger charge is -2.38. The Bertz CT molecular complexity index is 444. The van der Waals surface area contributed by atoms with E-state index in [2.05, 4.69) is 24.2 Å². The second kappa shape index (κ2) is 7.64. The largest absolute Gasteiger partial charge is 0.309 e. The SMILES string of the molecule is CCCNC(c1ccc(Cl)cc1F)C1CSCCN1C. The highest BCUT2D eigenvalue weighted by Gasteiger charge is 2.30. The number of likely N-dealkylation sites (N-methyl/N-ethyl adjacent to an activating group) is 1.